The van der Waals surface area contributed by atoms with Gasteiger partial charge >= 0.3 is 0 Å². The predicted octanol–water partition coefficient (Wildman–Crippen LogP) is 13.1. The quantitative estimate of drug-likeness (QED) is 0.171. The number of hydrogen-bond donors (Lipinski definition) is 0. The number of fused-ring (bicyclic) bond motifs is 4. The molecular formula is C51H33N3O2. The maximum absolute atomic E-state index is 7.04. The zero-order chi connectivity index (χ0) is 37.1. The van der Waals surface area contributed by atoms with Gasteiger partial charge in [0.1, 0.15) is 16.7 Å². The molecule has 10 aromatic rings. The van der Waals surface area contributed by atoms with Gasteiger partial charge in [-0.3, -0.25) is 0 Å². The SMILES string of the molecule is c1ccc(-c2nc3c(N4c5ccccc5C(c5ccccc5)(c5ccccc5)c5ccccc54)c4oc(-c5ccccc5)nc4c(-c4ccccc4)c3o2)cc1. The number of nitrogens with zero attached hydrogens (tertiary/aromatic N) is 3. The van der Waals surface area contributed by atoms with Gasteiger partial charge in [0.05, 0.1) is 22.4 Å². The van der Waals surface area contributed by atoms with Crippen LogP contribution >= 0.6 is 0 Å². The van der Waals surface area contributed by atoms with Crippen LogP contribution in [0.4, 0.5) is 17.1 Å². The Labute approximate surface area is 323 Å². The van der Waals surface area contributed by atoms with Crippen molar-refractivity contribution in [1.29, 1.82) is 0 Å². The molecular weight excluding hydrogens is 687 g/mol. The molecule has 0 aliphatic carbocycles. The third-order valence-corrected chi connectivity index (χ3v) is 11.0. The average molecular weight is 720 g/mol. The molecule has 3 heterocycles. The molecule has 11 rings (SSSR count). The first-order valence-electron chi connectivity index (χ1n) is 18.8. The fourth-order valence-corrected chi connectivity index (χ4v) is 8.66. The molecule has 1 aliphatic heterocycles. The minimum atomic E-state index is -0.635. The summed E-state index contributed by atoms with van der Waals surface area (Å²) in [6.45, 7) is 0. The van der Waals surface area contributed by atoms with Gasteiger partial charge in [-0.1, -0.05) is 164 Å². The standard InChI is InChI=1S/C51H33N3O2/c1-6-20-34(21-7-1)43-44-48(56-49(52-44)35-22-8-2-9-23-35)46(45-47(43)55-50(53-45)36-24-10-3-11-25-36)54-41-32-18-16-30-39(41)51(37-26-12-4-13-27-37,38-28-14-5-15-29-38)40-31-17-19-33-42(40)54/h1-33H. The number of anilines is 3. The molecule has 0 bridgehead atoms. The molecule has 2 aromatic heterocycles. The summed E-state index contributed by atoms with van der Waals surface area (Å²) in [5.41, 5.74) is 13.0. The molecule has 0 unspecified atom stereocenters. The van der Waals surface area contributed by atoms with Crippen LogP contribution in [0.5, 0.6) is 0 Å². The van der Waals surface area contributed by atoms with Gasteiger partial charge in [-0.05, 0) is 64.2 Å². The maximum Gasteiger partial charge on any atom is 0.227 e. The van der Waals surface area contributed by atoms with Gasteiger partial charge in [0.2, 0.25) is 11.8 Å². The third kappa shape index (κ3) is 4.74. The van der Waals surface area contributed by atoms with Crippen molar-refractivity contribution in [3.05, 3.63) is 222 Å². The second-order valence-electron chi connectivity index (χ2n) is 14.1. The lowest BCUT2D eigenvalue weighted by molar-refractivity contribution is 0.618. The van der Waals surface area contributed by atoms with Gasteiger partial charge in [0.25, 0.3) is 0 Å². The smallest absolute Gasteiger partial charge is 0.227 e. The lowest BCUT2D eigenvalue weighted by Crippen LogP contribution is -2.37. The first-order valence-corrected chi connectivity index (χ1v) is 18.8. The van der Waals surface area contributed by atoms with Crippen molar-refractivity contribution in [1.82, 2.24) is 9.97 Å². The summed E-state index contributed by atoms with van der Waals surface area (Å²) in [6, 6.07) is 69.6. The van der Waals surface area contributed by atoms with E-state index in [1.807, 2.05) is 78.9 Å². The van der Waals surface area contributed by atoms with Gasteiger partial charge in [-0.15, -0.1) is 0 Å². The van der Waals surface area contributed by atoms with Crippen molar-refractivity contribution in [2.45, 2.75) is 5.41 Å². The van der Waals surface area contributed by atoms with E-state index in [2.05, 4.69) is 126 Å². The van der Waals surface area contributed by atoms with Gasteiger partial charge in [0.15, 0.2) is 11.2 Å². The summed E-state index contributed by atoms with van der Waals surface area (Å²) in [7, 11) is 0. The summed E-state index contributed by atoms with van der Waals surface area (Å²) in [6.07, 6.45) is 0. The number of benzene rings is 8. The topological polar surface area (TPSA) is 55.3 Å². The molecule has 264 valence electrons. The Bertz CT molecular complexity index is 2830. The molecule has 5 heteroatoms. The molecule has 0 atom stereocenters. The van der Waals surface area contributed by atoms with Crippen molar-refractivity contribution in [3.8, 4) is 34.0 Å². The number of para-hydroxylation sites is 2. The van der Waals surface area contributed by atoms with Crippen molar-refractivity contribution in [2.24, 2.45) is 0 Å². The van der Waals surface area contributed by atoms with Crippen molar-refractivity contribution in [2.75, 3.05) is 4.90 Å². The lowest BCUT2D eigenvalue weighted by Gasteiger charge is -2.46. The van der Waals surface area contributed by atoms with E-state index in [-0.39, 0.29) is 0 Å². The van der Waals surface area contributed by atoms with Crippen LogP contribution in [0, 0.1) is 0 Å². The van der Waals surface area contributed by atoms with Gasteiger partial charge in [-0.25, -0.2) is 9.97 Å². The van der Waals surface area contributed by atoms with Crippen LogP contribution in [0.2, 0.25) is 0 Å². The molecule has 0 saturated carbocycles. The van der Waals surface area contributed by atoms with Crippen molar-refractivity contribution >= 4 is 39.3 Å². The van der Waals surface area contributed by atoms with Gasteiger partial charge in [0, 0.05) is 11.1 Å². The molecule has 1 aliphatic rings. The monoisotopic (exact) mass is 719 g/mol. The van der Waals surface area contributed by atoms with E-state index in [1.165, 1.54) is 11.1 Å². The largest absolute Gasteiger partial charge is 0.435 e. The Hall–Kier alpha value is -7.50. The Balaban J connectivity index is 1.30. The number of rotatable bonds is 6. The average Bonchev–Trinajstić information content (AvgIpc) is 3.92. The fraction of sp³-hybridized carbons (Fsp3) is 0.0196. The summed E-state index contributed by atoms with van der Waals surface area (Å²) < 4.78 is 14.0. The van der Waals surface area contributed by atoms with E-state index in [4.69, 9.17) is 18.8 Å². The molecule has 0 amide bonds. The Morgan fingerprint density at radius 1 is 0.375 bits per heavy atom. The van der Waals surface area contributed by atoms with Crippen molar-refractivity contribution < 1.29 is 8.83 Å². The van der Waals surface area contributed by atoms with E-state index < -0.39 is 5.41 Å². The maximum atomic E-state index is 7.04. The van der Waals surface area contributed by atoms with Crippen LogP contribution in [-0.4, -0.2) is 9.97 Å². The molecule has 0 saturated heterocycles. The van der Waals surface area contributed by atoms with Crippen molar-refractivity contribution in [3.63, 3.8) is 0 Å². The van der Waals surface area contributed by atoms with E-state index in [1.54, 1.807) is 0 Å². The van der Waals surface area contributed by atoms with Crippen LogP contribution in [0.15, 0.2) is 209 Å². The molecule has 0 spiro atoms. The second kappa shape index (κ2) is 12.8. The highest BCUT2D eigenvalue weighted by Crippen LogP contribution is 2.60. The summed E-state index contributed by atoms with van der Waals surface area (Å²) in [5, 5.41) is 0. The zero-order valence-electron chi connectivity index (χ0n) is 30.2. The molecule has 0 radical (unpaired) electrons. The third-order valence-electron chi connectivity index (χ3n) is 11.0. The minimum absolute atomic E-state index is 0.525. The minimum Gasteiger partial charge on any atom is -0.435 e. The number of aromatic nitrogens is 2. The Kier molecular flexibility index (Phi) is 7.32. The highest BCUT2D eigenvalue weighted by Gasteiger charge is 2.47. The van der Waals surface area contributed by atoms with Crippen LogP contribution < -0.4 is 4.90 Å². The molecule has 8 aromatic carbocycles. The first kappa shape index (κ1) is 32.0. The van der Waals surface area contributed by atoms with Gasteiger partial charge < -0.3 is 13.7 Å². The highest BCUT2D eigenvalue weighted by atomic mass is 16.4. The zero-order valence-corrected chi connectivity index (χ0v) is 30.2. The summed E-state index contributed by atoms with van der Waals surface area (Å²) in [4.78, 5) is 13.0. The van der Waals surface area contributed by atoms with Crippen LogP contribution in [0.1, 0.15) is 22.3 Å². The number of oxazole rings is 2. The van der Waals surface area contributed by atoms with E-state index in [0.717, 1.165) is 50.4 Å². The van der Waals surface area contributed by atoms with Crippen LogP contribution in [0.3, 0.4) is 0 Å². The highest BCUT2D eigenvalue weighted by molar-refractivity contribution is 6.18. The normalized spacial score (nSPS) is 13.1. The molecule has 56 heavy (non-hydrogen) atoms. The fourth-order valence-electron chi connectivity index (χ4n) is 8.66. The summed E-state index contributed by atoms with van der Waals surface area (Å²) in [5.74, 6) is 1.05. The Morgan fingerprint density at radius 3 is 1.27 bits per heavy atom. The Morgan fingerprint density at radius 2 is 0.768 bits per heavy atom. The molecule has 5 nitrogen and oxygen atoms in total. The number of hydrogen-bond acceptors (Lipinski definition) is 5. The lowest BCUT2D eigenvalue weighted by atomic mass is 9.62. The van der Waals surface area contributed by atoms with Crippen LogP contribution in [-0.2, 0) is 5.41 Å². The van der Waals surface area contributed by atoms with Gasteiger partial charge in [-0.2, -0.15) is 0 Å². The van der Waals surface area contributed by atoms with E-state index in [9.17, 15) is 0 Å². The summed E-state index contributed by atoms with van der Waals surface area (Å²) >= 11 is 0. The molecule has 0 fully saturated rings. The van der Waals surface area contributed by atoms with E-state index in [0.29, 0.717) is 34.0 Å². The van der Waals surface area contributed by atoms with Crippen LogP contribution in [0.25, 0.3) is 56.2 Å². The second-order valence-corrected chi connectivity index (χ2v) is 14.1. The van der Waals surface area contributed by atoms with E-state index >= 15 is 0 Å². The first-order chi connectivity index (χ1) is 27.8. The molecule has 0 N–H and O–H groups in total. The predicted molar refractivity (Wildman–Crippen MR) is 224 cm³/mol.